The molecule has 2 heterocycles. The van der Waals surface area contributed by atoms with Gasteiger partial charge in [-0.1, -0.05) is 13.8 Å². The van der Waals surface area contributed by atoms with Gasteiger partial charge in [0.25, 0.3) is 5.22 Å². The van der Waals surface area contributed by atoms with Crippen molar-refractivity contribution < 1.29 is 9.15 Å². The number of anilines is 1. The van der Waals surface area contributed by atoms with Gasteiger partial charge in [-0.15, -0.1) is 0 Å². The highest BCUT2D eigenvalue weighted by Crippen LogP contribution is 2.29. The molecule has 19 heavy (non-hydrogen) atoms. The average molecular weight is 279 g/mol. The number of ether oxygens (including phenoxy) is 1. The molecule has 0 unspecified atom stereocenters. The van der Waals surface area contributed by atoms with Crippen molar-refractivity contribution in [2.24, 2.45) is 5.92 Å². The zero-order valence-electron chi connectivity index (χ0n) is 11.2. The lowest BCUT2D eigenvalue weighted by Crippen LogP contribution is -2.07. The Morgan fingerprint density at radius 3 is 2.79 bits per heavy atom. The monoisotopic (exact) mass is 279 g/mol. The standard InChI is InChI=1S/C13H17N3O2S/c1-8(2)6-17-12-10(14)4-5-11(16-12)19-13-15-9(3)7-18-13/h4-5,7-8H,6,14H2,1-3H3. The maximum Gasteiger partial charge on any atom is 0.262 e. The second kappa shape index (κ2) is 5.97. The number of aryl methyl sites for hydroxylation is 1. The summed E-state index contributed by atoms with van der Waals surface area (Å²) in [5, 5.41) is 1.30. The Bertz CT molecular complexity index is 555. The first-order chi connectivity index (χ1) is 9.04. The van der Waals surface area contributed by atoms with Gasteiger partial charge in [0.15, 0.2) is 0 Å². The number of aromatic nitrogens is 2. The first kappa shape index (κ1) is 13.7. The second-order valence-corrected chi connectivity index (χ2v) is 5.58. The Balaban J connectivity index is 2.11. The molecule has 0 aliphatic heterocycles. The van der Waals surface area contributed by atoms with Crippen LogP contribution in [0.4, 0.5) is 5.69 Å². The van der Waals surface area contributed by atoms with Crippen LogP contribution in [0.2, 0.25) is 0 Å². The number of nitrogen functional groups attached to an aromatic ring is 1. The van der Waals surface area contributed by atoms with Gasteiger partial charge in [-0.25, -0.2) is 9.97 Å². The maximum absolute atomic E-state index is 5.84. The quantitative estimate of drug-likeness (QED) is 0.906. The van der Waals surface area contributed by atoms with Crippen LogP contribution in [0.5, 0.6) is 5.88 Å². The molecule has 2 N–H and O–H groups in total. The lowest BCUT2D eigenvalue weighted by atomic mass is 10.2. The highest BCUT2D eigenvalue weighted by Gasteiger charge is 2.09. The van der Waals surface area contributed by atoms with Crippen LogP contribution in [0.25, 0.3) is 0 Å². The summed E-state index contributed by atoms with van der Waals surface area (Å²) in [5.74, 6) is 0.883. The van der Waals surface area contributed by atoms with Gasteiger partial charge in [0.05, 0.1) is 18.0 Å². The lowest BCUT2D eigenvalue weighted by molar-refractivity contribution is 0.261. The van der Waals surface area contributed by atoms with E-state index in [0.29, 0.717) is 29.3 Å². The largest absolute Gasteiger partial charge is 0.476 e. The van der Waals surface area contributed by atoms with E-state index in [4.69, 9.17) is 14.9 Å². The maximum atomic E-state index is 5.84. The van der Waals surface area contributed by atoms with E-state index in [1.54, 1.807) is 12.3 Å². The first-order valence-electron chi connectivity index (χ1n) is 6.04. The van der Waals surface area contributed by atoms with Crippen molar-refractivity contribution in [3.63, 3.8) is 0 Å². The zero-order chi connectivity index (χ0) is 13.8. The fraction of sp³-hybridized carbons (Fsp3) is 0.385. The summed E-state index contributed by atoms with van der Waals surface area (Å²) in [6.07, 6.45) is 1.61. The summed E-state index contributed by atoms with van der Waals surface area (Å²) in [5.41, 5.74) is 7.21. The van der Waals surface area contributed by atoms with E-state index < -0.39 is 0 Å². The normalized spacial score (nSPS) is 10.9. The van der Waals surface area contributed by atoms with Crippen molar-refractivity contribution in [3.05, 3.63) is 24.1 Å². The number of nitrogens with two attached hydrogens (primary N) is 1. The van der Waals surface area contributed by atoms with Gasteiger partial charge in [0.2, 0.25) is 5.88 Å². The van der Waals surface area contributed by atoms with E-state index in [9.17, 15) is 0 Å². The summed E-state index contributed by atoms with van der Waals surface area (Å²) in [4.78, 5) is 8.58. The van der Waals surface area contributed by atoms with Gasteiger partial charge in [-0.2, -0.15) is 0 Å². The lowest BCUT2D eigenvalue weighted by Gasteiger charge is -2.10. The molecule has 5 nitrogen and oxygen atoms in total. The molecular weight excluding hydrogens is 262 g/mol. The van der Waals surface area contributed by atoms with Crippen molar-refractivity contribution in [2.75, 3.05) is 12.3 Å². The summed E-state index contributed by atoms with van der Waals surface area (Å²) < 4.78 is 10.9. The van der Waals surface area contributed by atoms with Crippen molar-refractivity contribution in [1.29, 1.82) is 0 Å². The SMILES string of the molecule is Cc1coc(Sc2ccc(N)c(OCC(C)C)n2)n1. The predicted octanol–water partition coefficient (Wildman–Crippen LogP) is 3.15. The molecule has 6 heteroatoms. The number of pyridine rings is 1. The van der Waals surface area contributed by atoms with Gasteiger partial charge in [-0.05, 0) is 36.7 Å². The summed E-state index contributed by atoms with van der Waals surface area (Å²) in [7, 11) is 0. The number of hydrogen-bond acceptors (Lipinski definition) is 6. The van der Waals surface area contributed by atoms with Crippen molar-refractivity contribution in [2.45, 2.75) is 31.0 Å². The average Bonchev–Trinajstić information content (AvgIpc) is 2.75. The highest BCUT2D eigenvalue weighted by molar-refractivity contribution is 7.99. The third-order valence-electron chi connectivity index (χ3n) is 2.21. The molecule has 2 rings (SSSR count). The van der Waals surface area contributed by atoms with Crippen LogP contribution < -0.4 is 10.5 Å². The fourth-order valence-corrected chi connectivity index (χ4v) is 2.05. The molecule has 0 fully saturated rings. The number of nitrogens with zero attached hydrogens (tertiary/aromatic N) is 2. The van der Waals surface area contributed by atoms with E-state index in [1.807, 2.05) is 13.0 Å². The minimum atomic E-state index is 0.423. The molecule has 2 aromatic heterocycles. The van der Waals surface area contributed by atoms with Gasteiger partial charge in [0, 0.05) is 0 Å². The van der Waals surface area contributed by atoms with Gasteiger partial charge in [-0.3, -0.25) is 0 Å². The van der Waals surface area contributed by atoms with Crippen LogP contribution in [0.15, 0.2) is 33.1 Å². The van der Waals surface area contributed by atoms with Crippen LogP contribution in [-0.2, 0) is 0 Å². The Morgan fingerprint density at radius 1 is 1.37 bits per heavy atom. The molecule has 0 aromatic carbocycles. The minimum absolute atomic E-state index is 0.423. The zero-order valence-corrected chi connectivity index (χ0v) is 12.0. The van der Waals surface area contributed by atoms with Crippen molar-refractivity contribution in [1.82, 2.24) is 9.97 Å². The molecule has 0 radical (unpaired) electrons. The smallest absolute Gasteiger partial charge is 0.262 e. The molecular formula is C13H17N3O2S. The van der Waals surface area contributed by atoms with Crippen LogP contribution in [-0.4, -0.2) is 16.6 Å². The molecule has 102 valence electrons. The predicted molar refractivity (Wildman–Crippen MR) is 74.3 cm³/mol. The minimum Gasteiger partial charge on any atom is -0.476 e. The Labute approximate surface area is 116 Å². The van der Waals surface area contributed by atoms with E-state index in [0.717, 1.165) is 10.7 Å². The second-order valence-electron chi connectivity index (χ2n) is 4.61. The topological polar surface area (TPSA) is 74.2 Å². The Morgan fingerprint density at radius 2 is 2.16 bits per heavy atom. The third kappa shape index (κ3) is 3.89. The van der Waals surface area contributed by atoms with Crippen LogP contribution >= 0.6 is 11.8 Å². The van der Waals surface area contributed by atoms with Crippen LogP contribution in [0.3, 0.4) is 0 Å². The molecule has 0 saturated carbocycles. The summed E-state index contributed by atoms with van der Waals surface area (Å²) in [6.45, 7) is 6.61. The molecule has 0 aliphatic rings. The van der Waals surface area contributed by atoms with E-state index in [1.165, 1.54) is 11.8 Å². The Hall–Kier alpha value is -1.69. The fourth-order valence-electron chi connectivity index (χ4n) is 1.32. The van der Waals surface area contributed by atoms with Gasteiger partial charge < -0.3 is 14.9 Å². The van der Waals surface area contributed by atoms with Gasteiger partial charge >= 0.3 is 0 Å². The number of rotatable bonds is 5. The molecule has 0 spiro atoms. The third-order valence-corrected chi connectivity index (χ3v) is 3.01. The van der Waals surface area contributed by atoms with E-state index in [-0.39, 0.29) is 0 Å². The van der Waals surface area contributed by atoms with Crippen LogP contribution in [0, 0.1) is 12.8 Å². The molecule has 2 aromatic rings. The van der Waals surface area contributed by atoms with Gasteiger partial charge in [0.1, 0.15) is 11.3 Å². The van der Waals surface area contributed by atoms with E-state index >= 15 is 0 Å². The molecule has 0 atom stereocenters. The van der Waals surface area contributed by atoms with Crippen molar-refractivity contribution >= 4 is 17.4 Å². The van der Waals surface area contributed by atoms with E-state index in [2.05, 4.69) is 23.8 Å². The summed E-state index contributed by atoms with van der Waals surface area (Å²) in [6, 6.07) is 3.60. The first-order valence-corrected chi connectivity index (χ1v) is 6.85. The molecule has 0 bridgehead atoms. The Kier molecular flexibility index (Phi) is 4.31. The van der Waals surface area contributed by atoms with Crippen LogP contribution in [0.1, 0.15) is 19.5 Å². The highest BCUT2D eigenvalue weighted by atomic mass is 32.2. The number of hydrogen-bond donors (Lipinski definition) is 1. The molecule has 0 aliphatic carbocycles. The summed E-state index contributed by atoms with van der Waals surface area (Å²) >= 11 is 1.34. The van der Waals surface area contributed by atoms with Crippen molar-refractivity contribution in [3.8, 4) is 5.88 Å². The molecule has 0 saturated heterocycles. The molecule has 0 amide bonds. The number of oxazole rings is 1.